The number of halogens is 1. The van der Waals surface area contributed by atoms with Crippen LogP contribution in [0.5, 0.6) is 0 Å². The van der Waals surface area contributed by atoms with Gasteiger partial charge in [0.2, 0.25) is 0 Å². The van der Waals surface area contributed by atoms with Gasteiger partial charge in [0.15, 0.2) is 0 Å². The summed E-state index contributed by atoms with van der Waals surface area (Å²) in [5.74, 6) is 3.03. The first-order valence-corrected chi connectivity index (χ1v) is 21.6. The van der Waals surface area contributed by atoms with Crippen LogP contribution in [0.25, 0.3) is 31.7 Å². The molecule has 0 bridgehead atoms. The van der Waals surface area contributed by atoms with Gasteiger partial charge in [-0.25, -0.2) is 24.9 Å². The van der Waals surface area contributed by atoms with Crippen LogP contribution >= 0.6 is 52.1 Å². The molecule has 0 unspecified atom stereocenters. The Morgan fingerprint density at radius 1 is 0.644 bits per heavy atom. The minimum absolute atomic E-state index is 0. The van der Waals surface area contributed by atoms with Gasteiger partial charge in [0, 0.05) is 48.2 Å². The van der Waals surface area contributed by atoms with E-state index in [-0.39, 0.29) is 25.6 Å². The molecule has 2 aliphatic carbocycles. The Kier molecular flexibility index (Phi) is 13.9. The summed E-state index contributed by atoms with van der Waals surface area (Å²) in [5.41, 5.74) is 7.22. The summed E-state index contributed by atoms with van der Waals surface area (Å²) >= 11 is 6.58. The van der Waals surface area contributed by atoms with Crippen LogP contribution in [0.15, 0.2) is 114 Å². The third-order valence-electron chi connectivity index (χ3n) is 10.00. The normalized spacial score (nSPS) is 14.2. The van der Waals surface area contributed by atoms with E-state index < -0.39 is 7.12 Å². The summed E-state index contributed by atoms with van der Waals surface area (Å²) in [4.78, 5) is 36.5. The van der Waals surface area contributed by atoms with Crippen molar-refractivity contribution in [1.82, 2.24) is 39.9 Å². The fourth-order valence-corrected chi connectivity index (χ4v) is 8.06. The van der Waals surface area contributed by atoms with E-state index >= 15 is 0 Å². The lowest BCUT2D eigenvalue weighted by atomic mass is 9.81. The molecule has 12 nitrogen and oxygen atoms in total. The molecule has 8 aromatic rings. The molecule has 0 aromatic carbocycles. The van der Waals surface area contributed by atoms with Crippen LogP contribution in [-0.4, -0.2) is 57.0 Å². The van der Waals surface area contributed by atoms with Gasteiger partial charge in [0.25, 0.3) is 0 Å². The number of rotatable bonds is 10. The summed E-state index contributed by atoms with van der Waals surface area (Å²) < 4.78 is 0.839. The molecule has 0 aliphatic heterocycles. The van der Waals surface area contributed by atoms with Gasteiger partial charge in [-0.1, -0.05) is 18.2 Å². The van der Waals surface area contributed by atoms with E-state index in [1.807, 2.05) is 59.8 Å². The third-order valence-corrected chi connectivity index (χ3v) is 12.1. The lowest BCUT2D eigenvalue weighted by molar-refractivity contribution is 0.425. The standard InChI is InChI=1S/C21H19N5S.C13H11BrN4S.C8H10BNO2.H2S/c1-13(26-20-18-6-7-27-21(18)25-12-24-20)15-4-5-19(23-11-15)17-8-16(9-22-10-17)14-2-3-14;1-8(9-2-3-11(14)15-6-9)18-12-10-4-5-19-13(10)17-7-16-12;11-9(12)8-3-7(4-10-5-8)6-1-2-6;/h4-14H,2-3H2,1H3,(H,24,25,26);2-8H,1H3,(H,16,17,18);3-6,11-12H,1-2H2;1H2/t13-;8-;;/m00../s1. The first kappa shape index (κ1) is 42.2. The van der Waals surface area contributed by atoms with Crippen molar-refractivity contribution < 1.29 is 10.0 Å². The molecule has 8 heterocycles. The Morgan fingerprint density at radius 3 is 1.69 bits per heavy atom. The Balaban J connectivity index is 0.000000144. The first-order valence-electron chi connectivity index (χ1n) is 19.0. The van der Waals surface area contributed by atoms with Crippen LogP contribution in [-0.2, 0) is 0 Å². The molecule has 300 valence electrons. The number of anilines is 2. The highest BCUT2D eigenvalue weighted by atomic mass is 79.9. The second kappa shape index (κ2) is 19.4. The Labute approximate surface area is 365 Å². The number of thiophene rings is 2. The molecule has 0 amide bonds. The Hall–Kier alpha value is -4.91. The number of hydrogen-bond acceptors (Lipinski definition) is 14. The molecule has 0 radical (unpaired) electrons. The van der Waals surface area contributed by atoms with Crippen molar-refractivity contribution in [2.75, 3.05) is 10.6 Å². The molecule has 10 rings (SSSR count). The smallest absolute Gasteiger partial charge is 0.423 e. The topological polar surface area (TPSA) is 168 Å². The molecule has 0 saturated heterocycles. The van der Waals surface area contributed by atoms with Crippen molar-refractivity contribution in [2.24, 2.45) is 0 Å². The fourth-order valence-electron chi connectivity index (χ4n) is 6.36. The van der Waals surface area contributed by atoms with Gasteiger partial charge in [0.1, 0.15) is 38.6 Å². The summed E-state index contributed by atoms with van der Waals surface area (Å²) in [7, 11) is -1.39. The number of aromatic nitrogens is 8. The molecular weight excluding hydrogens is 863 g/mol. The third kappa shape index (κ3) is 10.8. The fraction of sp³-hybridized carbons (Fsp3) is 0.238. The maximum Gasteiger partial charge on any atom is 0.490 e. The SMILES string of the molecule is C[C@H](Nc1ncnc2sccc12)c1ccc(-c2cncc(C3CC3)c2)nc1.C[C@H](Nc1ncnc2sccc12)c1ccc(Br)nc1.OB(O)c1cncc(C2CC2)c1.S. The minimum Gasteiger partial charge on any atom is -0.423 e. The summed E-state index contributed by atoms with van der Waals surface area (Å²) in [6.07, 6.45) is 19.1. The second-order valence-electron chi connectivity index (χ2n) is 14.3. The average Bonchev–Trinajstić information content (AvgIpc) is 4.19. The minimum atomic E-state index is -1.39. The summed E-state index contributed by atoms with van der Waals surface area (Å²) in [6.45, 7) is 4.21. The van der Waals surface area contributed by atoms with Crippen LogP contribution in [0.1, 0.15) is 85.7 Å². The molecule has 17 heteroatoms. The summed E-state index contributed by atoms with van der Waals surface area (Å²) in [6, 6.07) is 16.5. The van der Waals surface area contributed by atoms with E-state index in [9.17, 15) is 0 Å². The lowest BCUT2D eigenvalue weighted by Gasteiger charge is -2.15. The van der Waals surface area contributed by atoms with E-state index in [4.69, 9.17) is 10.0 Å². The number of nitrogens with one attached hydrogen (secondary N) is 2. The predicted octanol–water partition coefficient (Wildman–Crippen LogP) is 8.97. The highest BCUT2D eigenvalue weighted by molar-refractivity contribution is 9.10. The monoisotopic (exact) mass is 904 g/mol. The number of nitrogens with zero attached hydrogens (tertiary/aromatic N) is 8. The molecule has 8 aromatic heterocycles. The van der Waals surface area contributed by atoms with Gasteiger partial charge < -0.3 is 20.7 Å². The molecule has 4 N–H and O–H groups in total. The molecule has 0 spiro atoms. The van der Waals surface area contributed by atoms with E-state index in [0.717, 1.165) is 64.6 Å². The highest BCUT2D eigenvalue weighted by Gasteiger charge is 2.25. The van der Waals surface area contributed by atoms with Crippen LogP contribution in [0.4, 0.5) is 11.6 Å². The van der Waals surface area contributed by atoms with Gasteiger partial charge in [-0.15, -0.1) is 22.7 Å². The predicted molar refractivity (Wildman–Crippen MR) is 247 cm³/mol. The van der Waals surface area contributed by atoms with Gasteiger partial charge in [0.05, 0.1) is 28.6 Å². The quantitative estimate of drug-likeness (QED) is 0.0761. The van der Waals surface area contributed by atoms with Crippen molar-refractivity contribution in [3.8, 4) is 11.3 Å². The van der Waals surface area contributed by atoms with Crippen molar-refractivity contribution in [3.63, 3.8) is 0 Å². The molecule has 2 saturated carbocycles. The van der Waals surface area contributed by atoms with Gasteiger partial charge in [-0.05, 0) is 131 Å². The zero-order valence-electron chi connectivity index (χ0n) is 32.3. The van der Waals surface area contributed by atoms with Crippen molar-refractivity contribution in [2.45, 2.75) is 63.5 Å². The summed E-state index contributed by atoms with van der Waals surface area (Å²) in [5, 5.41) is 30.8. The average molecular weight is 906 g/mol. The molecule has 2 atom stereocenters. The highest BCUT2D eigenvalue weighted by Crippen LogP contribution is 2.41. The van der Waals surface area contributed by atoms with Gasteiger partial charge in [-0.3, -0.25) is 15.0 Å². The maximum atomic E-state index is 8.87. The van der Waals surface area contributed by atoms with Crippen molar-refractivity contribution >= 4 is 96.7 Å². The van der Waals surface area contributed by atoms with Gasteiger partial charge in [-0.2, -0.15) is 13.5 Å². The van der Waals surface area contributed by atoms with E-state index in [1.54, 1.807) is 41.5 Å². The van der Waals surface area contributed by atoms with Crippen LogP contribution in [0, 0.1) is 0 Å². The Bertz CT molecular complexity index is 2590. The van der Waals surface area contributed by atoms with Crippen LogP contribution in [0.2, 0.25) is 0 Å². The van der Waals surface area contributed by atoms with E-state index in [2.05, 4.69) is 105 Å². The number of fused-ring (bicyclic) bond motifs is 2. The van der Waals surface area contributed by atoms with E-state index in [0.29, 0.717) is 17.3 Å². The lowest BCUT2D eigenvalue weighted by Crippen LogP contribution is -2.30. The first-order chi connectivity index (χ1) is 28.3. The van der Waals surface area contributed by atoms with Crippen molar-refractivity contribution in [1.29, 1.82) is 0 Å². The number of pyridine rings is 4. The largest absolute Gasteiger partial charge is 0.490 e. The molecule has 59 heavy (non-hydrogen) atoms. The van der Waals surface area contributed by atoms with Crippen molar-refractivity contribution in [3.05, 3.63) is 136 Å². The molecule has 2 fully saturated rings. The molecule has 2 aliphatic rings. The van der Waals surface area contributed by atoms with Crippen LogP contribution in [0.3, 0.4) is 0 Å². The zero-order chi connectivity index (χ0) is 40.0. The van der Waals surface area contributed by atoms with Gasteiger partial charge >= 0.3 is 7.12 Å². The van der Waals surface area contributed by atoms with Crippen LogP contribution < -0.4 is 16.1 Å². The molecular formula is C42H42BBrN10O2S3. The second-order valence-corrected chi connectivity index (χ2v) is 16.9. The zero-order valence-corrected chi connectivity index (χ0v) is 36.5. The van der Waals surface area contributed by atoms with E-state index in [1.165, 1.54) is 37.4 Å². The number of hydrogen-bond donors (Lipinski definition) is 4. The Morgan fingerprint density at radius 2 is 1.19 bits per heavy atom. The maximum absolute atomic E-state index is 8.87.